The van der Waals surface area contributed by atoms with Crippen LogP contribution in [0.2, 0.25) is 0 Å². The standard InChI is InChI=1S/C16H21N5O2/c1-11-17-15(20-19-11)13-3-2-4-14(9-13)18-16(23)21-7-5-12(10-22)6-8-21/h2-4,9,12,22H,5-8,10H2,1H3,(H,18,23)(H,17,19,20). The summed E-state index contributed by atoms with van der Waals surface area (Å²) in [6.07, 6.45) is 1.70. The lowest BCUT2D eigenvalue weighted by molar-refractivity contribution is 0.143. The molecule has 1 aromatic heterocycles. The van der Waals surface area contributed by atoms with Gasteiger partial charge in [0.05, 0.1) is 0 Å². The number of aliphatic hydroxyl groups is 1. The molecule has 3 N–H and O–H groups in total. The molecular weight excluding hydrogens is 294 g/mol. The quantitative estimate of drug-likeness (QED) is 0.807. The summed E-state index contributed by atoms with van der Waals surface area (Å²) in [5.41, 5.74) is 1.57. The maximum absolute atomic E-state index is 12.3. The van der Waals surface area contributed by atoms with Crippen LogP contribution < -0.4 is 5.32 Å². The SMILES string of the molecule is Cc1nc(-c2cccc(NC(=O)N3CCC(CO)CC3)c2)n[nH]1. The summed E-state index contributed by atoms with van der Waals surface area (Å²) in [6, 6.07) is 7.38. The van der Waals surface area contributed by atoms with Crippen molar-refractivity contribution in [1.82, 2.24) is 20.1 Å². The van der Waals surface area contributed by atoms with Gasteiger partial charge in [-0.15, -0.1) is 0 Å². The van der Waals surface area contributed by atoms with E-state index in [4.69, 9.17) is 5.11 Å². The highest BCUT2D eigenvalue weighted by atomic mass is 16.3. The molecule has 3 rings (SSSR count). The van der Waals surface area contributed by atoms with Crippen LogP contribution in [0.15, 0.2) is 24.3 Å². The van der Waals surface area contributed by atoms with Crippen molar-refractivity contribution >= 4 is 11.7 Å². The Balaban J connectivity index is 1.65. The number of nitrogens with one attached hydrogen (secondary N) is 2. The first kappa shape index (κ1) is 15.5. The van der Waals surface area contributed by atoms with E-state index >= 15 is 0 Å². The normalized spacial score (nSPS) is 15.7. The van der Waals surface area contributed by atoms with Crippen molar-refractivity contribution in [2.24, 2.45) is 5.92 Å². The molecule has 122 valence electrons. The first-order chi connectivity index (χ1) is 11.2. The van der Waals surface area contributed by atoms with Crippen molar-refractivity contribution in [1.29, 1.82) is 0 Å². The van der Waals surface area contributed by atoms with Gasteiger partial charge < -0.3 is 15.3 Å². The number of H-pyrrole nitrogens is 1. The molecule has 0 saturated carbocycles. The van der Waals surface area contributed by atoms with E-state index in [9.17, 15) is 4.79 Å². The smallest absolute Gasteiger partial charge is 0.321 e. The topological polar surface area (TPSA) is 94.1 Å². The number of carbonyl (C=O) groups is 1. The molecule has 7 heteroatoms. The van der Waals surface area contributed by atoms with Crippen LogP contribution in [0.3, 0.4) is 0 Å². The molecule has 0 bridgehead atoms. The number of carbonyl (C=O) groups excluding carboxylic acids is 1. The summed E-state index contributed by atoms with van der Waals surface area (Å²) < 4.78 is 0. The number of piperidine rings is 1. The zero-order valence-corrected chi connectivity index (χ0v) is 13.1. The van der Waals surface area contributed by atoms with E-state index in [-0.39, 0.29) is 12.6 Å². The predicted octanol–water partition coefficient (Wildman–Crippen LogP) is 2.02. The summed E-state index contributed by atoms with van der Waals surface area (Å²) in [5.74, 6) is 1.68. The minimum Gasteiger partial charge on any atom is -0.396 e. The van der Waals surface area contributed by atoms with Gasteiger partial charge in [0.15, 0.2) is 5.82 Å². The van der Waals surface area contributed by atoms with E-state index < -0.39 is 0 Å². The number of rotatable bonds is 3. The van der Waals surface area contributed by atoms with Crippen LogP contribution >= 0.6 is 0 Å². The van der Waals surface area contributed by atoms with Gasteiger partial charge in [0.25, 0.3) is 0 Å². The van der Waals surface area contributed by atoms with Gasteiger partial charge in [-0.2, -0.15) is 5.10 Å². The molecule has 23 heavy (non-hydrogen) atoms. The van der Waals surface area contributed by atoms with Crippen molar-refractivity contribution in [2.75, 3.05) is 25.0 Å². The lowest BCUT2D eigenvalue weighted by Gasteiger charge is -2.31. The Labute approximate surface area is 134 Å². The third-order valence-electron chi connectivity index (χ3n) is 4.13. The Morgan fingerprint density at radius 3 is 2.87 bits per heavy atom. The van der Waals surface area contributed by atoms with Gasteiger partial charge in [0.1, 0.15) is 5.82 Å². The summed E-state index contributed by atoms with van der Waals surface area (Å²) in [4.78, 5) is 18.4. The molecule has 0 unspecified atom stereocenters. The zero-order valence-electron chi connectivity index (χ0n) is 13.1. The van der Waals surface area contributed by atoms with Gasteiger partial charge in [0.2, 0.25) is 0 Å². The number of amides is 2. The van der Waals surface area contributed by atoms with Crippen LogP contribution in [0.5, 0.6) is 0 Å². The van der Waals surface area contributed by atoms with Crippen molar-refractivity contribution in [3.05, 3.63) is 30.1 Å². The van der Waals surface area contributed by atoms with E-state index in [0.29, 0.717) is 24.8 Å². The number of urea groups is 1. The highest BCUT2D eigenvalue weighted by Gasteiger charge is 2.22. The van der Waals surface area contributed by atoms with E-state index in [2.05, 4.69) is 20.5 Å². The second-order valence-corrected chi connectivity index (χ2v) is 5.87. The predicted molar refractivity (Wildman–Crippen MR) is 87.0 cm³/mol. The lowest BCUT2D eigenvalue weighted by Crippen LogP contribution is -2.41. The van der Waals surface area contributed by atoms with Crippen LogP contribution in [0.4, 0.5) is 10.5 Å². The number of nitrogens with zero attached hydrogens (tertiary/aromatic N) is 3. The fourth-order valence-electron chi connectivity index (χ4n) is 2.73. The number of aromatic amines is 1. The monoisotopic (exact) mass is 315 g/mol. The van der Waals surface area contributed by atoms with Gasteiger partial charge in [0, 0.05) is 30.9 Å². The van der Waals surface area contributed by atoms with Crippen LogP contribution in [-0.2, 0) is 0 Å². The van der Waals surface area contributed by atoms with Crippen LogP contribution in [-0.4, -0.2) is 50.9 Å². The highest BCUT2D eigenvalue weighted by molar-refractivity contribution is 5.90. The molecule has 7 nitrogen and oxygen atoms in total. The Bertz CT molecular complexity index is 677. The third-order valence-corrected chi connectivity index (χ3v) is 4.13. The molecule has 1 aliphatic heterocycles. The maximum atomic E-state index is 12.3. The lowest BCUT2D eigenvalue weighted by atomic mass is 9.98. The van der Waals surface area contributed by atoms with Crippen LogP contribution in [0.1, 0.15) is 18.7 Å². The molecule has 2 heterocycles. The fourth-order valence-corrected chi connectivity index (χ4v) is 2.73. The second-order valence-electron chi connectivity index (χ2n) is 5.87. The highest BCUT2D eigenvalue weighted by Crippen LogP contribution is 2.21. The maximum Gasteiger partial charge on any atom is 0.321 e. The molecule has 2 amide bonds. The van der Waals surface area contributed by atoms with Crippen molar-refractivity contribution in [3.63, 3.8) is 0 Å². The number of anilines is 1. The largest absolute Gasteiger partial charge is 0.396 e. The molecule has 1 aliphatic rings. The average molecular weight is 315 g/mol. The van der Waals surface area contributed by atoms with E-state index in [1.807, 2.05) is 31.2 Å². The summed E-state index contributed by atoms with van der Waals surface area (Å²) in [6.45, 7) is 3.40. The Morgan fingerprint density at radius 2 is 2.22 bits per heavy atom. The molecule has 0 atom stereocenters. The van der Waals surface area contributed by atoms with Gasteiger partial charge in [-0.1, -0.05) is 12.1 Å². The molecule has 2 aromatic rings. The third kappa shape index (κ3) is 3.68. The summed E-state index contributed by atoms with van der Waals surface area (Å²) >= 11 is 0. The van der Waals surface area contributed by atoms with Gasteiger partial charge in [-0.3, -0.25) is 5.10 Å². The van der Waals surface area contributed by atoms with Gasteiger partial charge in [-0.25, -0.2) is 9.78 Å². The fraction of sp³-hybridized carbons (Fsp3) is 0.438. The Hall–Kier alpha value is -2.41. The van der Waals surface area contributed by atoms with E-state index in [0.717, 1.165) is 29.9 Å². The van der Waals surface area contributed by atoms with Gasteiger partial charge >= 0.3 is 6.03 Å². The molecule has 0 radical (unpaired) electrons. The number of hydrogen-bond donors (Lipinski definition) is 3. The molecule has 0 aliphatic carbocycles. The number of likely N-dealkylation sites (tertiary alicyclic amines) is 1. The molecule has 1 fully saturated rings. The molecule has 0 spiro atoms. The number of benzene rings is 1. The van der Waals surface area contributed by atoms with Crippen molar-refractivity contribution < 1.29 is 9.90 Å². The first-order valence-corrected chi connectivity index (χ1v) is 7.82. The van der Waals surface area contributed by atoms with E-state index in [1.54, 1.807) is 4.90 Å². The second kappa shape index (κ2) is 6.78. The summed E-state index contributed by atoms with van der Waals surface area (Å²) in [7, 11) is 0. The number of aryl methyl sites for hydroxylation is 1. The van der Waals surface area contributed by atoms with Crippen LogP contribution in [0, 0.1) is 12.8 Å². The zero-order chi connectivity index (χ0) is 16.2. The molecule has 1 saturated heterocycles. The van der Waals surface area contributed by atoms with E-state index in [1.165, 1.54) is 0 Å². The Morgan fingerprint density at radius 1 is 1.43 bits per heavy atom. The molecule has 1 aromatic carbocycles. The number of aliphatic hydroxyl groups excluding tert-OH is 1. The summed E-state index contributed by atoms with van der Waals surface area (Å²) in [5, 5.41) is 19.0. The molecular formula is C16H21N5O2. The average Bonchev–Trinajstić information content (AvgIpc) is 3.02. The first-order valence-electron chi connectivity index (χ1n) is 7.82. The Kier molecular flexibility index (Phi) is 4.57. The minimum atomic E-state index is -0.107. The van der Waals surface area contributed by atoms with Gasteiger partial charge in [-0.05, 0) is 37.8 Å². The minimum absolute atomic E-state index is 0.107. The number of hydrogen-bond acceptors (Lipinski definition) is 4. The van der Waals surface area contributed by atoms with Crippen molar-refractivity contribution in [2.45, 2.75) is 19.8 Å². The van der Waals surface area contributed by atoms with Crippen molar-refractivity contribution in [3.8, 4) is 11.4 Å². The van der Waals surface area contributed by atoms with Crippen LogP contribution in [0.25, 0.3) is 11.4 Å². The number of aromatic nitrogens is 3.